The van der Waals surface area contributed by atoms with Crippen molar-refractivity contribution in [2.24, 2.45) is 0 Å². The largest absolute Gasteiger partial charge is 0.476 e. The maximum Gasteiger partial charge on any atom is 0.415 e. The molecular formula is C13H19N3O5S. The third kappa shape index (κ3) is 3.86. The second-order valence-electron chi connectivity index (χ2n) is 5.89. The first kappa shape index (κ1) is 16.5. The van der Waals surface area contributed by atoms with Gasteiger partial charge in [-0.2, -0.15) is 0 Å². The zero-order chi connectivity index (χ0) is 16.5. The number of carboxylic acids is 1. The van der Waals surface area contributed by atoms with Gasteiger partial charge < -0.3 is 20.3 Å². The van der Waals surface area contributed by atoms with E-state index in [1.165, 1.54) is 4.90 Å². The third-order valence-electron chi connectivity index (χ3n) is 2.86. The number of nitrogens with two attached hydrogens (primary N) is 1. The molecule has 0 bridgehead atoms. The van der Waals surface area contributed by atoms with E-state index in [9.17, 15) is 9.59 Å². The summed E-state index contributed by atoms with van der Waals surface area (Å²) in [5.74, 6) is -1.19. The summed E-state index contributed by atoms with van der Waals surface area (Å²) in [5, 5.41) is 9.10. The number of ether oxygens (including phenoxy) is 2. The van der Waals surface area contributed by atoms with Crippen molar-refractivity contribution >= 4 is 34.2 Å². The minimum atomic E-state index is -1.19. The Labute approximate surface area is 131 Å². The Hall–Kier alpha value is -1.87. The Balaban J connectivity index is 2.26. The summed E-state index contributed by atoms with van der Waals surface area (Å²) in [6.45, 7) is 6.15. The van der Waals surface area contributed by atoms with Gasteiger partial charge in [0.1, 0.15) is 10.6 Å². The summed E-state index contributed by atoms with van der Waals surface area (Å²) < 4.78 is 10.7. The monoisotopic (exact) mass is 329 g/mol. The lowest BCUT2D eigenvalue weighted by Crippen LogP contribution is -2.45. The molecule has 2 rings (SSSR count). The number of aromatic nitrogens is 1. The molecule has 0 aliphatic carbocycles. The van der Waals surface area contributed by atoms with Crippen molar-refractivity contribution in [3.63, 3.8) is 0 Å². The van der Waals surface area contributed by atoms with E-state index >= 15 is 0 Å². The highest BCUT2D eigenvalue weighted by Gasteiger charge is 2.32. The average Bonchev–Trinajstić information content (AvgIpc) is 2.67. The molecule has 1 fully saturated rings. The van der Waals surface area contributed by atoms with Crippen LogP contribution in [0.5, 0.6) is 0 Å². The lowest BCUT2D eigenvalue weighted by atomic mass is 10.2. The van der Waals surface area contributed by atoms with Crippen LogP contribution in [0.3, 0.4) is 0 Å². The fourth-order valence-electron chi connectivity index (χ4n) is 1.80. The Morgan fingerprint density at radius 1 is 1.55 bits per heavy atom. The summed E-state index contributed by atoms with van der Waals surface area (Å²) in [4.78, 5) is 28.5. The van der Waals surface area contributed by atoms with Crippen molar-refractivity contribution < 1.29 is 24.2 Å². The van der Waals surface area contributed by atoms with E-state index < -0.39 is 17.7 Å². The van der Waals surface area contributed by atoms with E-state index in [1.54, 1.807) is 20.8 Å². The lowest BCUT2D eigenvalue weighted by molar-refractivity contribution is -0.0452. The van der Waals surface area contributed by atoms with Crippen molar-refractivity contribution in [1.82, 2.24) is 4.98 Å². The molecule has 3 N–H and O–H groups in total. The number of carbonyl (C=O) groups is 2. The molecule has 1 aromatic rings. The van der Waals surface area contributed by atoms with Crippen LogP contribution in [-0.4, -0.2) is 47.0 Å². The highest BCUT2D eigenvalue weighted by atomic mass is 32.1. The maximum absolute atomic E-state index is 12.4. The van der Waals surface area contributed by atoms with Gasteiger partial charge in [0, 0.05) is 6.61 Å². The van der Waals surface area contributed by atoms with Gasteiger partial charge in [0.2, 0.25) is 5.01 Å². The topological polar surface area (TPSA) is 115 Å². The minimum absolute atomic E-state index is 0.00687. The van der Waals surface area contributed by atoms with Gasteiger partial charge in [-0.25, -0.2) is 14.6 Å². The Bertz CT molecular complexity index is 577. The zero-order valence-corrected chi connectivity index (χ0v) is 13.5. The summed E-state index contributed by atoms with van der Waals surface area (Å²) in [6.07, 6.45) is 0.113. The molecular weight excluding hydrogens is 310 g/mol. The number of hydrogen-bond acceptors (Lipinski definition) is 7. The van der Waals surface area contributed by atoms with Crippen molar-refractivity contribution in [1.29, 1.82) is 0 Å². The smallest absolute Gasteiger partial charge is 0.415 e. The SMILES string of the molecule is CC(C)(C)OC(=O)N(CC1CCO1)c1sc(C(=O)O)nc1N. The van der Waals surface area contributed by atoms with Crippen LogP contribution in [0, 0.1) is 0 Å². The molecule has 0 radical (unpaired) electrons. The maximum atomic E-state index is 12.4. The Kier molecular flexibility index (Phi) is 4.57. The fourth-order valence-corrected chi connectivity index (χ4v) is 2.62. The highest BCUT2D eigenvalue weighted by Crippen LogP contribution is 2.33. The van der Waals surface area contributed by atoms with Crippen LogP contribution in [0.25, 0.3) is 0 Å². The molecule has 1 saturated heterocycles. The van der Waals surface area contributed by atoms with Crippen molar-refractivity contribution in [3.8, 4) is 0 Å². The number of nitrogens with zero attached hydrogens (tertiary/aromatic N) is 2. The molecule has 1 unspecified atom stereocenters. The molecule has 1 aromatic heterocycles. The van der Waals surface area contributed by atoms with Gasteiger partial charge in [0.05, 0.1) is 12.6 Å². The fraction of sp³-hybridized carbons (Fsp3) is 0.615. The van der Waals surface area contributed by atoms with E-state index in [2.05, 4.69) is 4.98 Å². The second kappa shape index (κ2) is 6.09. The van der Waals surface area contributed by atoms with Crippen LogP contribution >= 0.6 is 11.3 Å². The molecule has 1 atom stereocenters. The number of carbonyl (C=O) groups excluding carboxylic acids is 1. The van der Waals surface area contributed by atoms with E-state index in [0.717, 1.165) is 17.8 Å². The number of rotatable bonds is 4. The molecule has 1 amide bonds. The molecule has 1 aliphatic rings. The third-order valence-corrected chi connectivity index (χ3v) is 3.94. The van der Waals surface area contributed by atoms with Crippen LogP contribution < -0.4 is 10.6 Å². The number of aromatic carboxylic acids is 1. The van der Waals surface area contributed by atoms with E-state index in [0.29, 0.717) is 6.61 Å². The van der Waals surface area contributed by atoms with Crippen LogP contribution in [0.1, 0.15) is 37.0 Å². The summed E-state index contributed by atoms with van der Waals surface area (Å²) in [6, 6.07) is 0. The molecule has 1 aliphatic heterocycles. The summed E-state index contributed by atoms with van der Waals surface area (Å²) in [5.41, 5.74) is 5.09. The predicted molar refractivity (Wildman–Crippen MR) is 81.4 cm³/mol. The lowest BCUT2D eigenvalue weighted by Gasteiger charge is -2.33. The first-order chi connectivity index (χ1) is 10.2. The standard InChI is InChI=1S/C13H19N3O5S/c1-13(2,3)21-12(19)16(6-7-4-5-20-7)10-8(14)15-9(22-10)11(17)18/h7H,4-6,14H2,1-3H3,(H,17,18). The van der Waals surface area contributed by atoms with Crippen LogP contribution in [0.2, 0.25) is 0 Å². The normalized spacial score (nSPS) is 17.7. The van der Waals surface area contributed by atoms with Crippen LogP contribution in [-0.2, 0) is 9.47 Å². The molecule has 9 heteroatoms. The van der Waals surface area contributed by atoms with Gasteiger partial charge in [0.25, 0.3) is 0 Å². The van der Waals surface area contributed by atoms with Gasteiger partial charge >= 0.3 is 12.1 Å². The van der Waals surface area contributed by atoms with Gasteiger partial charge in [-0.05, 0) is 27.2 Å². The van der Waals surface area contributed by atoms with E-state index in [4.69, 9.17) is 20.3 Å². The quantitative estimate of drug-likeness (QED) is 0.867. The number of thiazole rings is 1. The number of carboxylic acid groups (broad SMARTS) is 1. The Morgan fingerprint density at radius 3 is 2.59 bits per heavy atom. The minimum Gasteiger partial charge on any atom is -0.476 e. The summed E-state index contributed by atoms with van der Waals surface area (Å²) >= 11 is 0.840. The predicted octanol–water partition coefficient (Wildman–Crippen LogP) is 1.95. The average molecular weight is 329 g/mol. The first-order valence-electron chi connectivity index (χ1n) is 6.79. The Morgan fingerprint density at radius 2 is 2.18 bits per heavy atom. The molecule has 8 nitrogen and oxygen atoms in total. The van der Waals surface area contributed by atoms with Crippen molar-refractivity contribution in [3.05, 3.63) is 5.01 Å². The van der Waals surface area contributed by atoms with Gasteiger partial charge in [-0.1, -0.05) is 11.3 Å². The summed E-state index contributed by atoms with van der Waals surface area (Å²) in [7, 11) is 0. The zero-order valence-electron chi connectivity index (χ0n) is 12.7. The molecule has 2 heterocycles. The molecule has 0 saturated carbocycles. The van der Waals surface area contributed by atoms with E-state index in [1.807, 2.05) is 0 Å². The number of nitrogen functional groups attached to an aromatic ring is 1. The van der Waals surface area contributed by atoms with E-state index in [-0.39, 0.29) is 28.5 Å². The van der Waals surface area contributed by atoms with Crippen LogP contribution in [0.15, 0.2) is 0 Å². The number of hydrogen-bond donors (Lipinski definition) is 2. The first-order valence-corrected chi connectivity index (χ1v) is 7.61. The molecule has 0 spiro atoms. The number of amides is 1. The van der Waals surface area contributed by atoms with Crippen molar-refractivity contribution in [2.75, 3.05) is 23.8 Å². The molecule has 22 heavy (non-hydrogen) atoms. The highest BCUT2D eigenvalue weighted by molar-refractivity contribution is 7.18. The van der Waals surface area contributed by atoms with Gasteiger partial charge in [-0.3, -0.25) is 4.90 Å². The number of anilines is 2. The second-order valence-corrected chi connectivity index (χ2v) is 6.86. The molecule has 0 aromatic carbocycles. The van der Waals surface area contributed by atoms with Crippen LogP contribution in [0.4, 0.5) is 15.6 Å². The van der Waals surface area contributed by atoms with Gasteiger partial charge in [-0.15, -0.1) is 0 Å². The van der Waals surface area contributed by atoms with Crippen molar-refractivity contribution in [2.45, 2.75) is 38.9 Å². The van der Waals surface area contributed by atoms with Gasteiger partial charge in [0.15, 0.2) is 5.82 Å². The molecule has 122 valence electrons.